The minimum atomic E-state index is -0.308. The second-order valence-corrected chi connectivity index (χ2v) is 7.14. The molecule has 0 bridgehead atoms. The van der Waals surface area contributed by atoms with Crippen molar-refractivity contribution in [1.29, 1.82) is 0 Å². The van der Waals surface area contributed by atoms with Crippen molar-refractivity contribution < 1.29 is 14.4 Å². The van der Waals surface area contributed by atoms with Crippen molar-refractivity contribution in [2.24, 2.45) is 0 Å². The minimum Gasteiger partial charge on any atom is -0.465 e. The molecular formula is C20H23N2O2S+. The molecule has 0 fully saturated rings. The number of fused-ring (bicyclic) bond motifs is 1. The summed E-state index contributed by atoms with van der Waals surface area (Å²) in [5.41, 5.74) is 3.29. The van der Waals surface area contributed by atoms with Gasteiger partial charge in [0, 0.05) is 5.39 Å². The first-order valence-corrected chi connectivity index (χ1v) is 9.34. The number of ether oxygens (including phenoxy) is 1. The summed E-state index contributed by atoms with van der Waals surface area (Å²) in [6.45, 7) is 6.73. The highest BCUT2D eigenvalue weighted by atomic mass is 32.1. The monoisotopic (exact) mass is 355 g/mol. The molecule has 3 rings (SSSR count). The van der Waals surface area contributed by atoms with Crippen LogP contribution in [0.25, 0.3) is 10.9 Å². The van der Waals surface area contributed by atoms with Crippen LogP contribution >= 0.6 is 11.3 Å². The number of benzene rings is 1. The Bertz CT molecular complexity index is 875. The number of pyridine rings is 1. The summed E-state index contributed by atoms with van der Waals surface area (Å²) in [4.78, 5) is 19.9. The van der Waals surface area contributed by atoms with Crippen LogP contribution in [0.1, 0.15) is 33.4 Å². The number of carbonyl (C=O) groups excluding carboxylic acids is 1. The van der Waals surface area contributed by atoms with E-state index in [-0.39, 0.29) is 5.97 Å². The predicted octanol–water partition coefficient (Wildman–Crippen LogP) is 3.00. The molecule has 1 atom stereocenters. The van der Waals surface area contributed by atoms with Gasteiger partial charge in [-0.1, -0.05) is 24.3 Å². The fraction of sp³-hybridized carbons (Fsp3) is 0.300. The smallest absolute Gasteiger partial charge is 0.340 e. The zero-order chi connectivity index (χ0) is 17.8. The molecule has 1 aromatic carbocycles. The van der Waals surface area contributed by atoms with Crippen LogP contribution in [0.2, 0.25) is 0 Å². The number of rotatable bonds is 6. The predicted molar refractivity (Wildman–Crippen MR) is 101 cm³/mol. The van der Waals surface area contributed by atoms with Gasteiger partial charge in [-0.2, -0.15) is 0 Å². The molecular weight excluding hydrogens is 332 g/mol. The van der Waals surface area contributed by atoms with E-state index < -0.39 is 0 Å². The maximum absolute atomic E-state index is 12.4. The van der Waals surface area contributed by atoms with Gasteiger partial charge in [0.15, 0.2) is 0 Å². The molecule has 130 valence electrons. The van der Waals surface area contributed by atoms with Gasteiger partial charge in [0.1, 0.15) is 18.8 Å². The summed E-state index contributed by atoms with van der Waals surface area (Å²) in [6.07, 6.45) is 0. The van der Waals surface area contributed by atoms with Crippen molar-refractivity contribution >= 4 is 28.2 Å². The summed E-state index contributed by atoms with van der Waals surface area (Å²) in [5.74, 6) is -0.308. The number of para-hydroxylation sites is 1. The highest BCUT2D eigenvalue weighted by Gasteiger charge is 2.22. The topological polar surface area (TPSA) is 43.6 Å². The quantitative estimate of drug-likeness (QED) is 0.691. The number of aromatic nitrogens is 1. The molecule has 2 heterocycles. The van der Waals surface area contributed by atoms with E-state index in [0.717, 1.165) is 35.2 Å². The van der Waals surface area contributed by atoms with Gasteiger partial charge in [0.05, 0.1) is 29.6 Å². The second-order valence-electron chi connectivity index (χ2n) is 6.10. The molecule has 0 amide bonds. The SMILES string of the molecule is CC[NH+](Cc1cccs1)Cc1nc2ccccc2c(C)c1C(=O)OC. The Labute approximate surface area is 152 Å². The maximum Gasteiger partial charge on any atom is 0.340 e. The zero-order valence-corrected chi connectivity index (χ0v) is 15.7. The van der Waals surface area contributed by atoms with Gasteiger partial charge in [-0.3, -0.25) is 0 Å². The maximum atomic E-state index is 12.4. The number of aryl methyl sites for hydroxylation is 1. The fourth-order valence-corrected chi connectivity index (χ4v) is 3.93. The van der Waals surface area contributed by atoms with Gasteiger partial charge in [-0.25, -0.2) is 9.78 Å². The first-order valence-electron chi connectivity index (χ1n) is 8.46. The summed E-state index contributed by atoms with van der Waals surface area (Å²) in [5, 5.41) is 3.10. The number of nitrogens with one attached hydrogen (secondary N) is 1. The van der Waals surface area contributed by atoms with Crippen LogP contribution in [0.5, 0.6) is 0 Å². The van der Waals surface area contributed by atoms with E-state index in [1.165, 1.54) is 16.9 Å². The minimum absolute atomic E-state index is 0.308. The molecule has 4 nitrogen and oxygen atoms in total. The number of methoxy groups -OCH3 is 1. The van der Waals surface area contributed by atoms with E-state index in [1.807, 2.05) is 31.2 Å². The number of esters is 1. The number of carbonyl (C=O) groups is 1. The van der Waals surface area contributed by atoms with Crippen LogP contribution in [0.4, 0.5) is 0 Å². The third-order valence-electron chi connectivity index (χ3n) is 4.54. The number of quaternary nitrogens is 1. The molecule has 0 spiro atoms. The normalized spacial score (nSPS) is 12.3. The van der Waals surface area contributed by atoms with Crippen LogP contribution in [0.3, 0.4) is 0 Å². The fourth-order valence-electron chi connectivity index (χ4n) is 3.15. The van der Waals surface area contributed by atoms with Crippen molar-refractivity contribution in [3.05, 3.63) is 63.5 Å². The van der Waals surface area contributed by atoms with Crippen molar-refractivity contribution in [3.63, 3.8) is 0 Å². The number of nitrogens with zero attached hydrogens (tertiary/aromatic N) is 1. The average Bonchev–Trinajstić information content (AvgIpc) is 3.14. The Morgan fingerprint density at radius 2 is 2.00 bits per heavy atom. The van der Waals surface area contributed by atoms with Crippen molar-refractivity contribution in [1.82, 2.24) is 4.98 Å². The van der Waals surface area contributed by atoms with E-state index in [9.17, 15) is 4.79 Å². The Balaban J connectivity index is 2.02. The highest BCUT2D eigenvalue weighted by Crippen LogP contribution is 2.23. The largest absolute Gasteiger partial charge is 0.465 e. The molecule has 0 saturated carbocycles. The number of hydrogen-bond acceptors (Lipinski definition) is 4. The van der Waals surface area contributed by atoms with Gasteiger partial charge in [0.2, 0.25) is 0 Å². The molecule has 25 heavy (non-hydrogen) atoms. The first-order chi connectivity index (χ1) is 12.1. The summed E-state index contributed by atoms with van der Waals surface area (Å²) in [6, 6.07) is 12.2. The van der Waals surface area contributed by atoms with E-state index in [0.29, 0.717) is 12.1 Å². The Hall–Kier alpha value is -2.24. The molecule has 0 aliphatic heterocycles. The third kappa shape index (κ3) is 3.72. The first kappa shape index (κ1) is 17.6. The zero-order valence-electron chi connectivity index (χ0n) is 14.8. The van der Waals surface area contributed by atoms with Crippen molar-refractivity contribution in [2.75, 3.05) is 13.7 Å². The number of thiophene rings is 1. The van der Waals surface area contributed by atoms with E-state index in [2.05, 4.69) is 24.4 Å². The van der Waals surface area contributed by atoms with Crippen LogP contribution < -0.4 is 4.90 Å². The molecule has 3 aromatic rings. The summed E-state index contributed by atoms with van der Waals surface area (Å²) >= 11 is 1.77. The van der Waals surface area contributed by atoms with Crippen molar-refractivity contribution in [3.8, 4) is 0 Å². The lowest BCUT2D eigenvalue weighted by molar-refractivity contribution is -0.925. The van der Waals surface area contributed by atoms with Gasteiger partial charge in [-0.05, 0) is 36.9 Å². The molecule has 2 aromatic heterocycles. The van der Waals surface area contributed by atoms with Crippen molar-refractivity contribution in [2.45, 2.75) is 26.9 Å². The van der Waals surface area contributed by atoms with Gasteiger partial charge >= 0.3 is 5.97 Å². The lowest BCUT2D eigenvalue weighted by Gasteiger charge is -2.19. The number of hydrogen-bond donors (Lipinski definition) is 1. The highest BCUT2D eigenvalue weighted by molar-refractivity contribution is 7.09. The molecule has 0 aliphatic rings. The Kier molecular flexibility index (Phi) is 5.46. The molecule has 5 heteroatoms. The molecule has 1 N–H and O–H groups in total. The summed E-state index contributed by atoms with van der Waals surface area (Å²) < 4.78 is 5.04. The van der Waals surface area contributed by atoms with Crippen LogP contribution in [-0.4, -0.2) is 24.6 Å². The third-order valence-corrected chi connectivity index (χ3v) is 5.41. The molecule has 1 unspecified atom stereocenters. The van der Waals surface area contributed by atoms with Crippen LogP contribution in [0, 0.1) is 6.92 Å². The lowest BCUT2D eigenvalue weighted by atomic mass is 10.0. The summed E-state index contributed by atoms with van der Waals surface area (Å²) in [7, 11) is 1.43. The second kappa shape index (κ2) is 7.76. The van der Waals surface area contributed by atoms with Crippen LogP contribution in [-0.2, 0) is 17.8 Å². The molecule has 0 radical (unpaired) electrons. The van der Waals surface area contributed by atoms with E-state index in [1.54, 1.807) is 11.3 Å². The van der Waals surface area contributed by atoms with E-state index in [4.69, 9.17) is 9.72 Å². The van der Waals surface area contributed by atoms with Crippen LogP contribution in [0.15, 0.2) is 41.8 Å². The van der Waals surface area contributed by atoms with E-state index >= 15 is 0 Å². The molecule has 0 saturated heterocycles. The molecule has 0 aliphatic carbocycles. The Morgan fingerprint density at radius 1 is 1.20 bits per heavy atom. The lowest BCUT2D eigenvalue weighted by Crippen LogP contribution is -3.09. The standard InChI is InChI=1S/C20H22N2O2S/c1-4-22(12-15-8-7-11-25-15)13-18-19(20(23)24-3)14(2)16-9-5-6-10-17(16)21-18/h5-11H,4,12-13H2,1-3H3/p+1. The Morgan fingerprint density at radius 3 is 2.68 bits per heavy atom. The van der Waals surface area contributed by atoms with Gasteiger partial charge in [0.25, 0.3) is 0 Å². The van der Waals surface area contributed by atoms with Gasteiger partial charge < -0.3 is 9.64 Å². The van der Waals surface area contributed by atoms with Gasteiger partial charge in [-0.15, -0.1) is 11.3 Å². The average molecular weight is 355 g/mol.